The van der Waals surface area contributed by atoms with Crippen LogP contribution in [0.25, 0.3) is 0 Å². The highest BCUT2D eigenvalue weighted by atomic mass is 16.6. The number of hydrogen-bond donors (Lipinski definition) is 0. The maximum absolute atomic E-state index is 13.0. The van der Waals surface area contributed by atoms with Crippen molar-refractivity contribution in [1.29, 1.82) is 0 Å². The highest BCUT2D eigenvalue weighted by Crippen LogP contribution is 2.76. The first-order valence-corrected chi connectivity index (χ1v) is 8.80. The Morgan fingerprint density at radius 3 is 2.33 bits per heavy atom. The lowest BCUT2D eigenvalue weighted by molar-refractivity contribution is -0.134. The van der Waals surface area contributed by atoms with Gasteiger partial charge in [0.15, 0.2) is 0 Å². The molecule has 1 saturated carbocycles. The van der Waals surface area contributed by atoms with E-state index in [1.165, 1.54) is 16.0 Å². The average molecular weight is 331 g/mol. The quantitative estimate of drug-likeness (QED) is 0.724. The predicted molar refractivity (Wildman–Crippen MR) is 93.3 cm³/mol. The summed E-state index contributed by atoms with van der Waals surface area (Å²) in [7, 11) is 0. The molecule has 2 amide bonds. The molecule has 1 saturated heterocycles. The van der Waals surface area contributed by atoms with Gasteiger partial charge in [-0.25, -0.2) is 9.69 Å². The summed E-state index contributed by atoms with van der Waals surface area (Å²) in [6.45, 7) is 18.7. The summed E-state index contributed by atoms with van der Waals surface area (Å²) in [4.78, 5) is 27.0. The zero-order valence-electron chi connectivity index (χ0n) is 15.9. The summed E-state index contributed by atoms with van der Waals surface area (Å²) < 4.78 is 5.81. The summed E-state index contributed by atoms with van der Waals surface area (Å²) in [5.74, 6) is -0.413. The monoisotopic (exact) mass is 331 g/mol. The number of hydrogen-bond acceptors (Lipinski definition) is 3. The number of imide groups is 1. The minimum Gasteiger partial charge on any atom is -0.443 e. The van der Waals surface area contributed by atoms with Crippen LogP contribution in [0.4, 0.5) is 4.79 Å². The molecule has 24 heavy (non-hydrogen) atoms. The predicted octanol–water partition coefficient (Wildman–Crippen LogP) is 4.32. The fourth-order valence-corrected chi connectivity index (χ4v) is 5.71. The fourth-order valence-electron chi connectivity index (χ4n) is 5.71. The van der Waals surface area contributed by atoms with Crippen molar-refractivity contribution in [2.45, 2.75) is 67.0 Å². The molecule has 0 aromatic heterocycles. The third-order valence-corrected chi connectivity index (χ3v) is 8.05. The van der Waals surface area contributed by atoms with Crippen molar-refractivity contribution in [2.24, 2.45) is 22.2 Å². The normalized spacial score (nSPS) is 40.6. The van der Waals surface area contributed by atoms with Crippen molar-refractivity contribution >= 4 is 12.0 Å². The highest BCUT2D eigenvalue weighted by molar-refractivity contribution is 5.95. The van der Waals surface area contributed by atoms with Crippen LogP contribution in [0, 0.1) is 22.2 Å². The van der Waals surface area contributed by atoms with E-state index in [1.807, 2.05) is 6.92 Å². The second-order valence-corrected chi connectivity index (χ2v) is 8.66. The summed E-state index contributed by atoms with van der Waals surface area (Å²) in [5.41, 5.74) is 1.99. The summed E-state index contributed by atoms with van der Waals surface area (Å²) in [6.07, 6.45) is 1.53. The Labute approximate surface area is 144 Å². The summed E-state index contributed by atoms with van der Waals surface area (Å²) in [6, 6.07) is -0.228. The van der Waals surface area contributed by atoms with Crippen LogP contribution in [-0.4, -0.2) is 29.0 Å². The molecule has 0 spiro atoms. The minimum atomic E-state index is -0.485. The molecule has 0 unspecified atom stereocenters. The van der Waals surface area contributed by atoms with E-state index in [0.29, 0.717) is 6.42 Å². The first kappa shape index (κ1) is 17.2. The highest BCUT2D eigenvalue weighted by Gasteiger charge is 2.79. The van der Waals surface area contributed by atoms with Gasteiger partial charge in [0.1, 0.15) is 6.10 Å². The molecule has 0 aromatic carbocycles. The Kier molecular flexibility index (Phi) is 3.41. The van der Waals surface area contributed by atoms with Crippen molar-refractivity contribution in [1.82, 2.24) is 4.90 Å². The van der Waals surface area contributed by atoms with Gasteiger partial charge >= 0.3 is 6.09 Å². The van der Waals surface area contributed by atoms with Crippen LogP contribution in [0.5, 0.6) is 0 Å². The van der Waals surface area contributed by atoms with Crippen molar-refractivity contribution < 1.29 is 14.3 Å². The van der Waals surface area contributed by atoms with E-state index in [4.69, 9.17) is 4.74 Å². The Morgan fingerprint density at radius 1 is 1.25 bits per heavy atom. The van der Waals surface area contributed by atoms with Gasteiger partial charge < -0.3 is 4.74 Å². The van der Waals surface area contributed by atoms with E-state index in [2.05, 4.69) is 48.1 Å². The van der Waals surface area contributed by atoms with E-state index >= 15 is 0 Å². The molecular weight excluding hydrogens is 302 g/mol. The molecule has 4 nitrogen and oxygen atoms in total. The van der Waals surface area contributed by atoms with Crippen LogP contribution in [0.3, 0.4) is 0 Å². The second kappa shape index (κ2) is 4.74. The molecule has 2 aliphatic carbocycles. The number of carbonyl (C=O) groups excluding carboxylic acids is 2. The standard InChI is InChI=1S/C20H29NO3/c1-9-10-11(2)16(22)21-14-15(24-17(21)23)20(8)13(4)12(3)19(14,7)18(20,5)6/h9,11,14-15H,1,10H2,2-8H3/t11-,14-,15+,19-,20+/m1/s1. The van der Waals surface area contributed by atoms with Gasteiger partial charge in [0.25, 0.3) is 0 Å². The number of rotatable bonds is 3. The molecule has 2 fully saturated rings. The molecule has 2 bridgehead atoms. The van der Waals surface area contributed by atoms with Crippen LogP contribution in [0.2, 0.25) is 0 Å². The van der Waals surface area contributed by atoms with Crippen molar-refractivity contribution in [3.8, 4) is 0 Å². The molecule has 0 radical (unpaired) electrons. The molecule has 132 valence electrons. The summed E-state index contributed by atoms with van der Waals surface area (Å²) >= 11 is 0. The van der Waals surface area contributed by atoms with E-state index in [0.717, 1.165) is 0 Å². The largest absolute Gasteiger partial charge is 0.443 e. The van der Waals surface area contributed by atoms with Crippen LogP contribution < -0.4 is 0 Å². The lowest BCUT2D eigenvalue weighted by Gasteiger charge is -2.43. The second-order valence-electron chi connectivity index (χ2n) is 8.66. The smallest absolute Gasteiger partial charge is 0.417 e. The SMILES string of the molecule is C=CC[C@@H](C)C(=O)N1C(=O)O[C@H]2[C@@H]1[C@@]1(C)C(C)=C(C)[C@]2(C)C1(C)C. The van der Waals surface area contributed by atoms with E-state index in [9.17, 15) is 9.59 Å². The Balaban J connectivity index is 2.13. The average Bonchev–Trinajstić information content (AvgIpc) is 2.96. The first-order valence-electron chi connectivity index (χ1n) is 8.80. The fraction of sp³-hybridized carbons (Fsp3) is 0.700. The topological polar surface area (TPSA) is 46.6 Å². The maximum Gasteiger partial charge on any atom is 0.417 e. The van der Waals surface area contributed by atoms with E-state index in [1.54, 1.807) is 6.08 Å². The number of carbonyl (C=O) groups is 2. The third kappa shape index (κ3) is 1.51. The van der Waals surface area contributed by atoms with Crippen molar-refractivity contribution in [3.05, 3.63) is 23.8 Å². The van der Waals surface area contributed by atoms with Gasteiger partial charge in [0.2, 0.25) is 5.91 Å². The number of nitrogens with zero attached hydrogens (tertiary/aromatic N) is 1. The van der Waals surface area contributed by atoms with Gasteiger partial charge in [-0.15, -0.1) is 6.58 Å². The number of fused-ring (bicyclic) bond motifs is 5. The van der Waals surface area contributed by atoms with Gasteiger partial charge in [-0.3, -0.25) is 4.79 Å². The lowest BCUT2D eigenvalue weighted by Crippen LogP contribution is -2.52. The zero-order chi connectivity index (χ0) is 18.2. The Bertz CT molecular complexity index is 676. The van der Waals surface area contributed by atoms with Gasteiger partial charge in [-0.05, 0) is 25.7 Å². The number of amides is 2. The van der Waals surface area contributed by atoms with Gasteiger partial charge in [0, 0.05) is 16.7 Å². The molecule has 1 heterocycles. The molecule has 0 aromatic rings. The van der Waals surface area contributed by atoms with Crippen LogP contribution in [0.1, 0.15) is 54.9 Å². The third-order valence-electron chi connectivity index (χ3n) is 8.05. The lowest BCUT2D eigenvalue weighted by atomic mass is 9.62. The first-order chi connectivity index (χ1) is 11.0. The molecule has 4 heteroatoms. The van der Waals surface area contributed by atoms with Gasteiger partial charge in [-0.1, -0.05) is 51.8 Å². The minimum absolute atomic E-state index is 0.0929. The Hall–Kier alpha value is -1.58. The van der Waals surface area contributed by atoms with Crippen molar-refractivity contribution in [2.75, 3.05) is 0 Å². The van der Waals surface area contributed by atoms with E-state index in [-0.39, 0.29) is 40.2 Å². The van der Waals surface area contributed by atoms with Crippen LogP contribution in [0.15, 0.2) is 23.8 Å². The van der Waals surface area contributed by atoms with Crippen LogP contribution in [-0.2, 0) is 9.53 Å². The van der Waals surface area contributed by atoms with Crippen LogP contribution >= 0.6 is 0 Å². The molecule has 1 aliphatic heterocycles. The molecular formula is C20H29NO3. The Morgan fingerprint density at radius 2 is 1.79 bits per heavy atom. The zero-order valence-corrected chi connectivity index (χ0v) is 15.9. The maximum atomic E-state index is 13.0. The van der Waals surface area contributed by atoms with Crippen molar-refractivity contribution in [3.63, 3.8) is 0 Å². The molecule has 3 aliphatic rings. The van der Waals surface area contributed by atoms with Gasteiger partial charge in [0.05, 0.1) is 6.04 Å². The van der Waals surface area contributed by atoms with Gasteiger partial charge in [-0.2, -0.15) is 0 Å². The number of ether oxygens (including phenoxy) is 1. The molecule has 5 atom stereocenters. The molecule has 3 rings (SSSR count). The summed E-state index contributed by atoms with van der Waals surface area (Å²) in [5, 5.41) is 0. The molecule has 0 N–H and O–H groups in total. The van der Waals surface area contributed by atoms with E-state index < -0.39 is 6.09 Å². The number of allylic oxidation sites excluding steroid dienone is 1.